The maximum absolute atomic E-state index is 5.80. The van der Waals surface area contributed by atoms with E-state index in [2.05, 4.69) is 43.4 Å². The monoisotopic (exact) mass is 302 g/mol. The number of benzene rings is 1. The molecule has 0 spiro atoms. The molecule has 1 N–H and O–H groups in total. The minimum absolute atomic E-state index is 0.199. The lowest BCUT2D eigenvalue weighted by Crippen LogP contribution is -2.21. The van der Waals surface area contributed by atoms with Gasteiger partial charge in [-0.2, -0.15) is 0 Å². The van der Waals surface area contributed by atoms with Crippen LogP contribution in [0.4, 0.5) is 0 Å². The van der Waals surface area contributed by atoms with Gasteiger partial charge in [0.2, 0.25) is 0 Å². The Balaban J connectivity index is 1.91. The highest BCUT2D eigenvalue weighted by Crippen LogP contribution is 2.36. The van der Waals surface area contributed by atoms with Crippen LogP contribution in [-0.4, -0.2) is 17.6 Å². The molecule has 2 aromatic rings. The Hall–Kier alpha value is -1.23. The normalized spacial score (nSPS) is 18.5. The molecule has 0 bridgehead atoms. The summed E-state index contributed by atoms with van der Waals surface area (Å²) < 4.78 is 5.80. The SMILES string of the molecule is CC(C)NCc1sc(C2CCCO2)nc1-c1ccccc1. The zero-order chi connectivity index (χ0) is 14.7. The van der Waals surface area contributed by atoms with E-state index in [0.717, 1.165) is 36.7 Å². The molecule has 0 amide bonds. The van der Waals surface area contributed by atoms with Crippen molar-refractivity contribution in [1.82, 2.24) is 10.3 Å². The second kappa shape index (κ2) is 6.69. The van der Waals surface area contributed by atoms with E-state index in [1.165, 1.54) is 10.4 Å². The molecule has 112 valence electrons. The van der Waals surface area contributed by atoms with Crippen LogP contribution in [-0.2, 0) is 11.3 Å². The Bertz CT molecular complexity index is 574. The number of ether oxygens (including phenoxy) is 1. The second-order valence-corrected chi connectivity index (χ2v) is 6.84. The Labute approximate surface area is 130 Å². The maximum atomic E-state index is 5.80. The summed E-state index contributed by atoms with van der Waals surface area (Å²) in [5.41, 5.74) is 2.30. The average Bonchev–Trinajstić information content (AvgIpc) is 3.15. The number of hydrogen-bond acceptors (Lipinski definition) is 4. The summed E-state index contributed by atoms with van der Waals surface area (Å²) in [5, 5.41) is 4.64. The molecule has 1 aromatic heterocycles. The summed E-state index contributed by atoms with van der Waals surface area (Å²) in [6.45, 7) is 6.07. The molecule has 1 aromatic carbocycles. The zero-order valence-corrected chi connectivity index (χ0v) is 13.5. The maximum Gasteiger partial charge on any atom is 0.123 e. The average molecular weight is 302 g/mol. The molecule has 21 heavy (non-hydrogen) atoms. The van der Waals surface area contributed by atoms with Crippen molar-refractivity contribution >= 4 is 11.3 Å². The van der Waals surface area contributed by atoms with Gasteiger partial charge in [-0.15, -0.1) is 11.3 Å². The van der Waals surface area contributed by atoms with Crippen molar-refractivity contribution in [3.05, 3.63) is 40.2 Å². The van der Waals surface area contributed by atoms with Gasteiger partial charge in [0.1, 0.15) is 11.1 Å². The van der Waals surface area contributed by atoms with Crippen LogP contribution in [0.3, 0.4) is 0 Å². The minimum Gasteiger partial charge on any atom is -0.371 e. The fraction of sp³-hybridized carbons (Fsp3) is 0.471. The lowest BCUT2D eigenvalue weighted by molar-refractivity contribution is 0.112. The highest BCUT2D eigenvalue weighted by Gasteiger charge is 2.23. The third kappa shape index (κ3) is 3.51. The predicted octanol–water partition coefficient (Wildman–Crippen LogP) is 4.16. The van der Waals surface area contributed by atoms with Gasteiger partial charge in [-0.25, -0.2) is 4.98 Å². The molecular weight excluding hydrogens is 280 g/mol. The summed E-state index contributed by atoms with van der Waals surface area (Å²) in [5.74, 6) is 0. The van der Waals surface area contributed by atoms with E-state index in [9.17, 15) is 0 Å². The Morgan fingerprint density at radius 2 is 2.14 bits per heavy atom. The number of nitrogens with one attached hydrogen (secondary N) is 1. The Morgan fingerprint density at radius 3 is 2.81 bits per heavy atom. The largest absolute Gasteiger partial charge is 0.371 e. The van der Waals surface area contributed by atoms with Crippen LogP contribution in [0.5, 0.6) is 0 Å². The zero-order valence-electron chi connectivity index (χ0n) is 12.6. The third-order valence-corrected chi connectivity index (χ3v) is 4.78. The van der Waals surface area contributed by atoms with Crippen LogP contribution in [0.2, 0.25) is 0 Å². The first-order valence-corrected chi connectivity index (χ1v) is 8.45. The van der Waals surface area contributed by atoms with Gasteiger partial charge >= 0.3 is 0 Å². The van der Waals surface area contributed by atoms with Crippen LogP contribution >= 0.6 is 11.3 Å². The van der Waals surface area contributed by atoms with Crippen molar-refractivity contribution in [2.24, 2.45) is 0 Å². The first-order valence-electron chi connectivity index (χ1n) is 7.64. The van der Waals surface area contributed by atoms with E-state index in [0.29, 0.717) is 6.04 Å². The summed E-state index contributed by atoms with van der Waals surface area (Å²) in [6, 6.07) is 10.9. The van der Waals surface area contributed by atoms with Gasteiger partial charge in [-0.1, -0.05) is 44.2 Å². The van der Waals surface area contributed by atoms with Crippen molar-refractivity contribution in [2.45, 2.75) is 45.4 Å². The highest BCUT2D eigenvalue weighted by atomic mass is 32.1. The van der Waals surface area contributed by atoms with Gasteiger partial charge in [-0.3, -0.25) is 0 Å². The van der Waals surface area contributed by atoms with E-state index >= 15 is 0 Å². The molecule has 3 rings (SSSR count). The van der Waals surface area contributed by atoms with E-state index in [4.69, 9.17) is 9.72 Å². The molecule has 1 fully saturated rings. The summed E-state index contributed by atoms with van der Waals surface area (Å²) in [6.07, 6.45) is 2.44. The highest BCUT2D eigenvalue weighted by molar-refractivity contribution is 7.12. The van der Waals surface area contributed by atoms with E-state index in [1.807, 2.05) is 6.07 Å². The molecule has 1 saturated heterocycles. The summed E-state index contributed by atoms with van der Waals surface area (Å²) in [4.78, 5) is 6.20. The molecule has 1 atom stereocenters. The predicted molar refractivity (Wildman–Crippen MR) is 87.5 cm³/mol. The van der Waals surface area contributed by atoms with Gasteiger partial charge < -0.3 is 10.1 Å². The molecule has 1 aliphatic rings. The number of hydrogen-bond donors (Lipinski definition) is 1. The molecule has 0 saturated carbocycles. The Morgan fingerprint density at radius 1 is 1.33 bits per heavy atom. The lowest BCUT2D eigenvalue weighted by atomic mass is 10.1. The molecule has 4 heteroatoms. The van der Waals surface area contributed by atoms with Crippen LogP contribution in [0.15, 0.2) is 30.3 Å². The third-order valence-electron chi connectivity index (χ3n) is 3.64. The van der Waals surface area contributed by atoms with E-state index in [-0.39, 0.29) is 6.10 Å². The number of aromatic nitrogens is 1. The first-order chi connectivity index (χ1) is 10.2. The van der Waals surface area contributed by atoms with Crippen LogP contribution < -0.4 is 5.32 Å². The van der Waals surface area contributed by atoms with Crippen LogP contribution in [0, 0.1) is 0 Å². The number of nitrogens with zero attached hydrogens (tertiary/aromatic N) is 1. The molecule has 2 heterocycles. The Kier molecular flexibility index (Phi) is 4.68. The number of rotatable bonds is 5. The van der Waals surface area contributed by atoms with Crippen molar-refractivity contribution in [3.8, 4) is 11.3 Å². The summed E-state index contributed by atoms with van der Waals surface area (Å²) >= 11 is 1.79. The van der Waals surface area contributed by atoms with Crippen LogP contribution in [0.25, 0.3) is 11.3 Å². The molecule has 0 aliphatic carbocycles. The van der Waals surface area contributed by atoms with E-state index < -0.39 is 0 Å². The molecule has 1 unspecified atom stereocenters. The molecule has 1 aliphatic heterocycles. The van der Waals surface area contributed by atoms with Crippen molar-refractivity contribution in [1.29, 1.82) is 0 Å². The van der Waals surface area contributed by atoms with Gasteiger partial charge in [0.15, 0.2) is 0 Å². The molecule has 3 nitrogen and oxygen atoms in total. The van der Waals surface area contributed by atoms with Gasteiger partial charge in [-0.05, 0) is 12.8 Å². The van der Waals surface area contributed by atoms with E-state index in [1.54, 1.807) is 11.3 Å². The van der Waals surface area contributed by atoms with Crippen LogP contribution in [0.1, 0.15) is 42.7 Å². The standard InChI is InChI=1S/C17H22N2OS/c1-12(2)18-11-15-16(13-7-4-3-5-8-13)19-17(21-15)14-9-6-10-20-14/h3-5,7-8,12,14,18H,6,9-11H2,1-2H3. The quantitative estimate of drug-likeness (QED) is 0.900. The van der Waals surface area contributed by atoms with Crippen molar-refractivity contribution < 1.29 is 4.74 Å². The van der Waals surface area contributed by atoms with Crippen molar-refractivity contribution in [3.63, 3.8) is 0 Å². The fourth-order valence-corrected chi connectivity index (χ4v) is 3.64. The topological polar surface area (TPSA) is 34.1 Å². The van der Waals surface area contributed by atoms with Gasteiger partial charge in [0, 0.05) is 29.6 Å². The molecular formula is C17H22N2OS. The smallest absolute Gasteiger partial charge is 0.123 e. The minimum atomic E-state index is 0.199. The van der Waals surface area contributed by atoms with Gasteiger partial charge in [0.25, 0.3) is 0 Å². The summed E-state index contributed by atoms with van der Waals surface area (Å²) in [7, 11) is 0. The lowest BCUT2D eigenvalue weighted by Gasteiger charge is -2.07. The second-order valence-electron chi connectivity index (χ2n) is 5.73. The number of thiazole rings is 1. The van der Waals surface area contributed by atoms with Gasteiger partial charge in [0.05, 0.1) is 5.69 Å². The molecule has 0 radical (unpaired) electrons. The first kappa shape index (κ1) is 14.7. The van der Waals surface area contributed by atoms with Crippen molar-refractivity contribution in [2.75, 3.05) is 6.61 Å². The fourth-order valence-electron chi connectivity index (χ4n) is 2.52.